The van der Waals surface area contributed by atoms with Crippen LogP contribution < -0.4 is 26.2 Å². The van der Waals surface area contributed by atoms with Crippen molar-refractivity contribution < 1.29 is 0 Å². The van der Waals surface area contributed by atoms with Gasteiger partial charge in [0.25, 0.3) is 6.71 Å². The van der Waals surface area contributed by atoms with Crippen molar-refractivity contribution in [3.63, 3.8) is 0 Å². The molecule has 2 aliphatic heterocycles. The number of hydrogen-bond acceptors (Lipinski definition) is 5. The summed E-state index contributed by atoms with van der Waals surface area (Å²) in [6.45, 7) is -0.103. The van der Waals surface area contributed by atoms with Crippen LogP contribution in [-0.2, 0) is 0 Å². The van der Waals surface area contributed by atoms with Gasteiger partial charge < -0.3 is 9.80 Å². The lowest BCUT2D eigenvalue weighted by Crippen LogP contribution is -2.61. The van der Waals surface area contributed by atoms with Gasteiger partial charge in [0.1, 0.15) is 12.7 Å². The maximum absolute atomic E-state index is 4.78. The number of rotatable bonds is 5. The lowest BCUT2D eigenvalue weighted by molar-refractivity contribution is 1.05. The van der Waals surface area contributed by atoms with Crippen molar-refractivity contribution in [3.8, 4) is 33.6 Å². The molecule has 0 N–H and O–H groups in total. The van der Waals surface area contributed by atoms with Gasteiger partial charge in [-0.3, -0.25) is 0 Å². The smallest absolute Gasteiger partial charge is 0.252 e. The number of benzene rings is 11. The van der Waals surface area contributed by atoms with Crippen LogP contribution in [0.5, 0.6) is 0 Å². The topological polar surface area (TPSA) is 45.2 Å². The molecule has 11 aromatic carbocycles. The molecule has 0 radical (unpaired) electrons. The van der Waals surface area contributed by atoms with Gasteiger partial charge in [0.15, 0.2) is 5.82 Å². The minimum absolute atomic E-state index is 0.103. The summed E-state index contributed by atoms with van der Waals surface area (Å²) in [6.07, 6.45) is 3.19. The van der Waals surface area contributed by atoms with Gasteiger partial charge in [-0.05, 0) is 130 Å². The first-order chi connectivity index (χ1) is 33.2. The van der Waals surface area contributed by atoms with Gasteiger partial charge in [-0.2, -0.15) is 0 Å². The van der Waals surface area contributed by atoms with Crippen LogP contribution in [0.4, 0.5) is 34.1 Å². The van der Waals surface area contributed by atoms with Crippen molar-refractivity contribution in [2.45, 2.75) is 0 Å². The quantitative estimate of drug-likeness (QED) is 0.127. The largest absolute Gasteiger partial charge is 0.311 e. The van der Waals surface area contributed by atoms with Crippen LogP contribution in [0, 0.1) is 0 Å². The summed E-state index contributed by atoms with van der Waals surface area (Å²) < 4.78 is 0. The highest BCUT2D eigenvalue weighted by Gasteiger charge is 2.44. The number of anilines is 6. The van der Waals surface area contributed by atoms with Gasteiger partial charge in [0.2, 0.25) is 0 Å². The van der Waals surface area contributed by atoms with Crippen LogP contribution in [0.25, 0.3) is 76.7 Å². The van der Waals surface area contributed by atoms with E-state index in [1.54, 1.807) is 12.7 Å². The van der Waals surface area contributed by atoms with E-state index in [2.05, 4.69) is 233 Å². The Balaban J connectivity index is 1.10. The van der Waals surface area contributed by atoms with Crippen LogP contribution in [-0.4, -0.2) is 21.7 Å². The van der Waals surface area contributed by atoms with Crippen molar-refractivity contribution in [2.24, 2.45) is 0 Å². The molecule has 0 spiro atoms. The van der Waals surface area contributed by atoms with E-state index in [1.807, 2.05) is 0 Å². The molecule has 0 saturated carbocycles. The molecule has 0 atom stereocenters. The fourth-order valence-electron chi connectivity index (χ4n) is 10.9. The summed E-state index contributed by atoms with van der Waals surface area (Å²) in [6, 6.07) is 80.4. The van der Waals surface area contributed by atoms with Crippen molar-refractivity contribution in [3.05, 3.63) is 231 Å². The van der Waals surface area contributed by atoms with Crippen molar-refractivity contribution in [1.82, 2.24) is 15.0 Å². The molecule has 1 aromatic heterocycles. The minimum atomic E-state index is -0.103. The first kappa shape index (κ1) is 37.5. The van der Waals surface area contributed by atoms with Crippen molar-refractivity contribution in [1.29, 1.82) is 0 Å². The van der Waals surface area contributed by atoms with Gasteiger partial charge in [0, 0.05) is 39.7 Å². The van der Waals surface area contributed by atoms with Gasteiger partial charge in [-0.15, -0.1) is 0 Å². The number of nitrogens with zero attached hydrogens (tertiary/aromatic N) is 5. The predicted octanol–water partition coefficient (Wildman–Crippen LogP) is 13.6. The molecule has 0 amide bonds. The fraction of sp³-hybridized carbons (Fsp3) is 0. The van der Waals surface area contributed by atoms with E-state index >= 15 is 0 Å². The Hall–Kier alpha value is -8.87. The van der Waals surface area contributed by atoms with Gasteiger partial charge in [-0.25, -0.2) is 15.0 Å². The summed E-state index contributed by atoms with van der Waals surface area (Å²) in [7, 11) is 0. The third-order valence-electron chi connectivity index (χ3n) is 14.0. The lowest BCUT2D eigenvalue weighted by atomic mass is 9.33. The Bertz CT molecular complexity index is 3680. The van der Waals surface area contributed by atoms with Crippen LogP contribution in [0.2, 0.25) is 0 Å². The molecule has 3 heterocycles. The zero-order valence-corrected chi connectivity index (χ0v) is 36.3. The minimum Gasteiger partial charge on any atom is -0.311 e. The molecule has 67 heavy (non-hydrogen) atoms. The number of hydrogen-bond donors (Lipinski definition) is 0. The molecule has 2 aliphatic rings. The van der Waals surface area contributed by atoms with Crippen LogP contribution in [0.3, 0.4) is 0 Å². The average molecular weight is 852 g/mol. The van der Waals surface area contributed by atoms with Crippen molar-refractivity contribution >= 4 is 100 Å². The summed E-state index contributed by atoms with van der Waals surface area (Å²) >= 11 is 0. The molecular formula is C61H38BN5. The second-order valence-corrected chi connectivity index (χ2v) is 17.7. The number of aromatic nitrogens is 3. The van der Waals surface area contributed by atoms with E-state index in [0.717, 1.165) is 39.7 Å². The Labute approximate surface area is 388 Å². The molecule has 0 bridgehead atoms. The first-order valence-corrected chi connectivity index (χ1v) is 22.8. The Morgan fingerprint density at radius 1 is 0.313 bits per heavy atom. The second-order valence-electron chi connectivity index (χ2n) is 17.7. The maximum Gasteiger partial charge on any atom is 0.252 e. The maximum atomic E-state index is 4.78. The average Bonchev–Trinajstić information content (AvgIpc) is 3.40. The molecule has 14 rings (SSSR count). The Kier molecular flexibility index (Phi) is 8.31. The van der Waals surface area contributed by atoms with E-state index in [1.165, 1.54) is 81.7 Å². The summed E-state index contributed by atoms with van der Waals surface area (Å²) in [4.78, 5) is 18.8. The number of fused-ring (bicyclic) bond motifs is 10. The third-order valence-corrected chi connectivity index (χ3v) is 14.0. The molecule has 6 heteroatoms. The van der Waals surface area contributed by atoms with Gasteiger partial charge >= 0.3 is 0 Å². The fourth-order valence-corrected chi connectivity index (χ4v) is 10.9. The predicted molar refractivity (Wildman–Crippen MR) is 280 cm³/mol. The van der Waals surface area contributed by atoms with E-state index < -0.39 is 0 Å². The first-order valence-electron chi connectivity index (χ1n) is 22.8. The van der Waals surface area contributed by atoms with E-state index in [9.17, 15) is 0 Å². The summed E-state index contributed by atoms with van der Waals surface area (Å²) in [5.41, 5.74) is 16.0. The molecular weight excluding hydrogens is 814 g/mol. The Morgan fingerprint density at radius 2 is 0.731 bits per heavy atom. The Morgan fingerprint density at radius 3 is 1.21 bits per heavy atom. The highest BCUT2D eigenvalue weighted by atomic mass is 15.2. The van der Waals surface area contributed by atoms with Crippen LogP contribution >= 0.6 is 0 Å². The SMILES string of the molecule is c1ccc(-c2ccc(N3c4cc5c(ccc6ccccc65)cc4B4c5cc6ccc7ccccc7c6cc5N(c5ccc(-c6ccccc6)cc5)c5cc(-c6ncncn6)cc3c54)cc2)cc1. The van der Waals surface area contributed by atoms with Crippen LogP contribution in [0.1, 0.15) is 0 Å². The third kappa shape index (κ3) is 5.93. The lowest BCUT2D eigenvalue weighted by Gasteiger charge is -2.44. The van der Waals surface area contributed by atoms with Crippen LogP contribution in [0.15, 0.2) is 231 Å². The molecule has 310 valence electrons. The monoisotopic (exact) mass is 851 g/mol. The molecule has 12 aromatic rings. The van der Waals surface area contributed by atoms with E-state index in [4.69, 9.17) is 9.97 Å². The van der Waals surface area contributed by atoms with E-state index in [0.29, 0.717) is 5.82 Å². The molecule has 5 nitrogen and oxygen atoms in total. The summed E-state index contributed by atoms with van der Waals surface area (Å²) in [5, 5.41) is 9.80. The van der Waals surface area contributed by atoms with Gasteiger partial charge in [0.05, 0.1) is 0 Å². The van der Waals surface area contributed by atoms with E-state index in [-0.39, 0.29) is 6.71 Å². The highest BCUT2D eigenvalue weighted by molar-refractivity contribution is 7.00. The standard InChI is InChI=1S/C61H38BN5/c1-3-11-39(12-4-1)41-23-27-48(28-24-41)66-56-35-52-45(21-19-43-15-7-9-17-50(43)52)31-54(56)62-55-32-46-22-20-44-16-8-10-18-51(44)53(46)36-57(55)67(49-29-25-42(26-30-49)40-13-5-2-6-14-40)59-34-47(33-58(66)60(59)62)61-64-37-63-38-65-61/h1-38H. The normalized spacial score (nSPS) is 12.7. The summed E-state index contributed by atoms with van der Waals surface area (Å²) in [5.74, 6) is 0.620. The second kappa shape index (κ2) is 14.8. The molecule has 0 fully saturated rings. The molecule has 0 unspecified atom stereocenters. The molecule has 0 aliphatic carbocycles. The highest BCUT2D eigenvalue weighted by Crippen LogP contribution is 2.48. The zero-order chi connectivity index (χ0) is 44.0. The molecule has 0 saturated heterocycles. The zero-order valence-electron chi connectivity index (χ0n) is 36.3. The van der Waals surface area contributed by atoms with Gasteiger partial charge in [-0.1, -0.05) is 170 Å². The van der Waals surface area contributed by atoms with Crippen molar-refractivity contribution in [2.75, 3.05) is 9.80 Å².